The fourth-order valence-electron chi connectivity index (χ4n) is 8.96. The van der Waals surface area contributed by atoms with E-state index in [1.165, 1.54) is 11.1 Å². The van der Waals surface area contributed by atoms with Crippen LogP contribution in [0.2, 0.25) is 0 Å². The van der Waals surface area contributed by atoms with Crippen LogP contribution in [0.5, 0.6) is 0 Å². The second-order valence-electron chi connectivity index (χ2n) is 19.1. The number of hydrogen-bond donors (Lipinski definition) is 7. The van der Waals surface area contributed by atoms with Crippen LogP contribution < -0.4 is 39.7 Å². The molecule has 0 bridgehead atoms. The Morgan fingerprint density at radius 3 is 1.05 bits per heavy atom. The van der Waals surface area contributed by atoms with E-state index in [9.17, 15) is 0 Å². The van der Waals surface area contributed by atoms with Crippen LogP contribution in [-0.2, 0) is 25.7 Å². The molecule has 426 valence electrons. The van der Waals surface area contributed by atoms with Crippen molar-refractivity contribution in [3.8, 4) is 90.8 Å². The van der Waals surface area contributed by atoms with E-state index >= 15 is 0 Å². The third-order valence-corrected chi connectivity index (χ3v) is 13.0. The van der Waals surface area contributed by atoms with Gasteiger partial charge in [-0.25, -0.2) is 24.6 Å². The molecule has 0 aliphatic rings. The van der Waals surface area contributed by atoms with E-state index < -0.39 is 0 Å². The number of guanidine groups is 2. The Labute approximate surface area is 486 Å². The number of aliphatic imine (C=N–C) groups is 3. The summed E-state index contributed by atoms with van der Waals surface area (Å²) in [6.45, 7) is 2.27. The Balaban J connectivity index is 0.000000174. The van der Waals surface area contributed by atoms with Gasteiger partial charge in [-0.2, -0.15) is 5.10 Å². The second kappa shape index (κ2) is 28.6. The molecule has 0 spiro atoms. The van der Waals surface area contributed by atoms with Crippen molar-refractivity contribution in [3.05, 3.63) is 211 Å². The summed E-state index contributed by atoms with van der Waals surface area (Å²) < 4.78 is 25.0. The lowest BCUT2D eigenvalue weighted by Gasteiger charge is -2.02. The Bertz CT molecular complexity index is 3750. The van der Waals surface area contributed by atoms with Crippen molar-refractivity contribution >= 4 is 17.9 Å². The normalized spacial score (nSPS) is 11.0. The monoisotopic (exact) mass is 1120 g/mol. The number of hydrogen-bond acceptors (Lipinski definition) is 14. The third-order valence-electron chi connectivity index (χ3n) is 13.0. The van der Waals surface area contributed by atoms with Crippen molar-refractivity contribution in [2.24, 2.45) is 49.4 Å². The number of rotatable bonds is 18. The van der Waals surface area contributed by atoms with Crippen LogP contribution in [0.4, 0.5) is 0 Å². The zero-order valence-corrected chi connectivity index (χ0v) is 46.7. The predicted molar refractivity (Wildman–Crippen MR) is 331 cm³/mol. The first kappa shape index (κ1) is 58.0. The quantitative estimate of drug-likeness (QED) is 0.0311. The summed E-state index contributed by atoms with van der Waals surface area (Å²) in [6.07, 6.45) is 13.3. The Morgan fingerprint density at radius 1 is 0.440 bits per heavy atom. The first-order valence-corrected chi connectivity index (χ1v) is 27.1. The molecule has 0 amide bonds. The number of nitrogens with two attached hydrogens (primary N) is 6. The molecule has 11 aromatic rings. The highest BCUT2D eigenvalue weighted by Gasteiger charge is 2.16. The van der Waals surface area contributed by atoms with Gasteiger partial charge in [0.15, 0.2) is 11.9 Å². The minimum atomic E-state index is 0.0886. The average Bonchev–Trinajstić information content (AvgIpc) is 4.53. The summed E-state index contributed by atoms with van der Waals surface area (Å²) in [5, 5.41) is 6.89. The van der Waals surface area contributed by atoms with Crippen LogP contribution in [0.3, 0.4) is 0 Å². The number of benzene rings is 6. The maximum absolute atomic E-state index is 5.84. The van der Waals surface area contributed by atoms with Gasteiger partial charge in [-0.15, -0.1) is 0 Å². The standard InChI is InChI=1S/C30H30N8O2.C28H26N4O2.C6H10N4/c31-29(32)35-12-10-19-4-1-6-21(14-19)25-17-39-27(37-25)23-8-3-9-24(16-23)28-38-26(18-40-28)22-7-2-5-20(15-22)11-13-36-30(33)34;29-12-10-19-4-1-6-21(14-19)25-17-33-27(31-25)23-8-3-9-24(16-23)28-32-26(18-34-28)22-7-2-5-20(15-22)11-13-30;1-7-6(8-2)10-5-3-4-9-10/h1-9,14-18H,10-13H2,(H4,31,32,35)(H4,33,34,36);1-9,14-18H,10-13,29-30H2;3-5H,1-2H3,(H,7,8). The summed E-state index contributed by atoms with van der Waals surface area (Å²) in [7, 11) is 3.53. The van der Waals surface area contributed by atoms with Crippen LogP contribution in [0.1, 0.15) is 22.3 Å². The molecular formula is C64H66N16O4. The summed E-state index contributed by atoms with van der Waals surface area (Å²) in [6, 6.07) is 50.0. The van der Waals surface area contributed by atoms with E-state index in [1.807, 2.05) is 129 Å². The van der Waals surface area contributed by atoms with Gasteiger partial charge in [-0.05, 0) is 128 Å². The SMILES string of the molecule is CN=C(NC)n1cccn1.NC(N)=NCCc1cccc(-c2coc(-c3cccc(-c4nc(-c5cccc(CCN=C(N)N)c5)co4)c3)n2)c1.NCCc1cccc(-c2coc(-c3cccc(-c4nc(-c5cccc(CCN)c5)co4)c3)n2)c1. The van der Waals surface area contributed by atoms with E-state index in [-0.39, 0.29) is 11.9 Å². The molecular weight excluding hydrogens is 1060 g/mol. The Hall–Kier alpha value is -10.7. The van der Waals surface area contributed by atoms with Crippen molar-refractivity contribution in [3.63, 3.8) is 0 Å². The predicted octanol–water partition coefficient (Wildman–Crippen LogP) is 9.23. The lowest BCUT2D eigenvalue weighted by molar-refractivity contribution is 0.572. The maximum atomic E-state index is 5.84. The number of oxazole rings is 4. The lowest BCUT2D eigenvalue weighted by Crippen LogP contribution is -2.26. The molecule has 0 saturated heterocycles. The smallest absolute Gasteiger partial charge is 0.226 e. The Kier molecular flexibility index (Phi) is 19.8. The lowest BCUT2D eigenvalue weighted by atomic mass is 10.1. The van der Waals surface area contributed by atoms with Crippen molar-refractivity contribution in [1.82, 2.24) is 35.0 Å². The van der Waals surface area contributed by atoms with Gasteiger partial charge < -0.3 is 57.4 Å². The molecule has 0 saturated carbocycles. The average molecular weight is 1120 g/mol. The summed E-state index contributed by atoms with van der Waals surface area (Å²) >= 11 is 0. The largest absolute Gasteiger partial charge is 0.444 e. The van der Waals surface area contributed by atoms with Crippen molar-refractivity contribution in [2.75, 3.05) is 40.3 Å². The molecule has 0 radical (unpaired) electrons. The molecule has 5 heterocycles. The van der Waals surface area contributed by atoms with Gasteiger partial charge in [0.05, 0.1) is 0 Å². The van der Waals surface area contributed by atoms with E-state index in [4.69, 9.17) is 72.0 Å². The van der Waals surface area contributed by atoms with Crippen molar-refractivity contribution in [1.29, 1.82) is 0 Å². The van der Waals surface area contributed by atoms with E-state index in [0.717, 1.165) is 110 Å². The molecule has 0 unspecified atom stereocenters. The molecule has 20 nitrogen and oxygen atoms in total. The van der Waals surface area contributed by atoms with Crippen LogP contribution in [0.15, 0.2) is 222 Å². The molecule has 5 aromatic heterocycles. The van der Waals surface area contributed by atoms with Crippen LogP contribution in [0, 0.1) is 0 Å². The summed E-state index contributed by atoms with van der Waals surface area (Å²) in [5.74, 6) is 3.01. The highest BCUT2D eigenvalue weighted by atomic mass is 16.4. The molecule has 13 N–H and O–H groups in total. The number of nitrogens with one attached hydrogen (secondary N) is 1. The van der Waals surface area contributed by atoms with E-state index in [1.54, 1.807) is 43.0 Å². The van der Waals surface area contributed by atoms with Gasteiger partial charge >= 0.3 is 0 Å². The van der Waals surface area contributed by atoms with Crippen molar-refractivity contribution < 1.29 is 17.7 Å². The van der Waals surface area contributed by atoms with Crippen molar-refractivity contribution in [2.45, 2.75) is 25.7 Å². The first-order chi connectivity index (χ1) is 41.1. The number of nitrogens with zero attached hydrogens (tertiary/aromatic N) is 9. The first-order valence-electron chi connectivity index (χ1n) is 27.1. The van der Waals surface area contributed by atoms with E-state index in [2.05, 4.69) is 61.8 Å². The minimum Gasteiger partial charge on any atom is -0.444 e. The van der Waals surface area contributed by atoms with Gasteiger partial charge in [-0.1, -0.05) is 84.9 Å². The molecule has 20 heteroatoms. The van der Waals surface area contributed by atoms with Crippen LogP contribution in [-0.4, -0.2) is 87.9 Å². The third kappa shape index (κ3) is 15.6. The highest BCUT2D eigenvalue weighted by molar-refractivity contribution is 5.81. The van der Waals surface area contributed by atoms with Gasteiger partial charge in [0.2, 0.25) is 29.5 Å². The topological polar surface area (TPSA) is 327 Å². The molecule has 0 fully saturated rings. The van der Waals surface area contributed by atoms with Crippen LogP contribution in [0.25, 0.3) is 90.8 Å². The molecule has 6 aromatic carbocycles. The highest BCUT2D eigenvalue weighted by Crippen LogP contribution is 2.33. The fraction of sp³-hybridized carbons (Fsp3) is 0.156. The molecule has 84 heavy (non-hydrogen) atoms. The number of aromatic nitrogens is 6. The second-order valence-corrected chi connectivity index (χ2v) is 19.1. The van der Waals surface area contributed by atoms with Gasteiger partial charge in [-0.3, -0.25) is 15.0 Å². The van der Waals surface area contributed by atoms with Gasteiger partial charge in [0.25, 0.3) is 0 Å². The Morgan fingerprint density at radius 2 is 0.762 bits per heavy atom. The molecule has 0 aliphatic heterocycles. The zero-order chi connectivity index (χ0) is 58.6. The van der Waals surface area contributed by atoms with E-state index in [0.29, 0.717) is 49.7 Å². The molecule has 0 aliphatic carbocycles. The minimum absolute atomic E-state index is 0.0886. The molecule has 11 rings (SSSR count). The zero-order valence-electron chi connectivity index (χ0n) is 46.7. The maximum Gasteiger partial charge on any atom is 0.226 e. The summed E-state index contributed by atoms with van der Waals surface area (Å²) in [5.41, 5.74) is 48.0. The van der Waals surface area contributed by atoms with Crippen LogP contribution >= 0.6 is 0 Å². The summed E-state index contributed by atoms with van der Waals surface area (Å²) in [4.78, 5) is 30.9. The fourth-order valence-corrected chi connectivity index (χ4v) is 8.96. The molecule has 0 atom stereocenters. The van der Waals surface area contributed by atoms with Gasteiger partial charge in [0.1, 0.15) is 47.8 Å². The van der Waals surface area contributed by atoms with Gasteiger partial charge in [0, 0.05) is 84.1 Å².